The molecule has 1 rings (SSSR count). The Kier molecular flexibility index (Phi) is 4.11. The number of carboxylic acid groups (broad SMARTS) is 1. The second-order valence-electron chi connectivity index (χ2n) is 4.12. The summed E-state index contributed by atoms with van der Waals surface area (Å²) < 4.78 is 6.68. The highest BCUT2D eigenvalue weighted by atomic mass is 16.5. The predicted molar refractivity (Wildman–Crippen MR) is 60.9 cm³/mol. The largest absolute Gasteiger partial charge is 0.481 e. The third-order valence-electron chi connectivity index (χ3n) is 2.74. The second-order valence-corrected chi connectivity index (χ2v) is 4.12. The first-order valence-electron chi connectivity index (χ1n) is 5.36. The summed E-state index contributed by atoms with van der Waals surface area (Å²) in [7, 11) is 3.20. The highest BCUT2D eigenvalue weighted by molar-refractivity contribution is 5.69. The van der Waals surface area contributed by atoms with E-state index >= 15 is 0 Å². The predicted octanol–water partition coefficient (Wildman–Crippen LogP) is 0.881. The summed E-state index contributed by atoms with van der Waals surface area (Å²) in [4.78, 5) is 10.7. The van der Waals surface area contributed by atoms with E-state index in [9.17, 15) is 9.90 Å². The highest BCUT2D eigenvalue weighted by Gasteiger charge is 2.25. The van der Waals surface area contributed by atoms with Crippen LogP contribution in [0, 0.1) is 12.8 Å². The quantitative estimate of drug-likeness (QED) is 0.800. The maximum Gasteiger partial charge on any atom is 0.306 e. The molecule has 2 unspecified atom stereocenters. The second kappa shape index (κ2) is 5.18. The number of aliphatic hydroxyl groups is 1. The molecule has 2 atom stereocenters. The van der Waals surface area contributed by atoms with Crippen molar-refractivity contribution in [2.24, 2.45) is 13.0 Å². The normalized spacial score (nSPS) is 14.4. The molecule has 1 aromatic rings. The summed E-state index contributed by atoms with van der Waals surface area (Å²) >= 11 is 0. The molecule has 1 heterocycles. The number of methoxy groups -OCH3 is 1. The van der Waals surface area contributed by atoms with Crippen molar-refractivity contribution in [1.29, 1.82) is 0 Å². The lowest BCUT2D eigenvalue weighted by Crippen LogP contribution is -2.14. The van der Waals surface area contributed by atoms with Gasteiger partial charge in [-0.2, -0.15) is 5.10 Å². The van der Waals surface area contributed by atoms with Gasteiger partial charge in [0.15, 0.2) is 0 Å². The molecule has 0 fully saturated rings. The first-order chi connectivity index (χ1) is 7.88. The number of aliphatic carboxylic acids is 1. The minimum atomic E-state index is -0.926. The molecule has 0 spiro atoms. The summed E-state index contributed by atoms with van der Waals surface area (Å²) in [6.07, 6.45) is -0.747. The Bertz CT molecular complexity index is 414. The van der Waals surface area contributed by atoms with Crippen LogP contribution >= 0.6 is 0 Å². The van der Waals surface area contributed by atoms with Crippen LogP contribution in [-0.4, -0.2) is 33.1 Å². The van der Waals surface area contributed by atoms with Gasteiger partial charge in [-0.3, -0.25) is 4.79 Å². The molecule has 0 amide bonds. The fourth-order valence-electron chi connectivity index (χ4n) is 1.83. The van der Waals surface area contributed by atoms with Crippen LogP contribution in [0.1, 0.15) is 30.7 Å². The first kappa shape index (κ1) is 13.5. The average Bonchev–Trinajstić information content (AvgIpc) is 2.52. The van der Waals surface area contributed by atoms with Crippen molar-refractivity contribution in [1.82, 2.24) is 9.78 Å². The summed E-state index contributed by atoms with van der Waals surface area (Å²) in [5.41, 5.74) is 1.21. The molecule has 0 radical (unpaired) electrons. The standard InChI is InChI=1S/C11H18N2O4/c1-6(11(15)16)5-8(14)9-7(2)12-13(3)10(9)17-4/h6,8,14H,5H2,1-4H3,(H,15,16). The minimum Gasteiger partial charge on any atom is -0.481 e. The van der Waals surface area contributed by atoms with Gasteiger partial charge in [-0.15, -0.1) is 0 Å². The first-order valence-corrected chi connectivity index (χ1v) is 5.36. The molecule has 6 nitrogen and oxygen atoms in total. The van der Waals surface area contributed by atoms with Crippen LogP contribution in [-0.2, 0) is 11.8 Å². The number of aryl methyl sites for hydroxylation is 2. The number of aliphatic hydroxyl groups excluding tert-OH is 1. The molecule has 0 aliphatic rings. The van der Waals surface area contributed by atoms with Crippen LogP contribution in [0.3, 0.4) is 0 Å². The number of carbonyl (C=O) groups is 1. The highest BCUT2D eigenvalue weighted by Crippen LogP contribution is 2.31. The Morgan fingerprint density at radius 3 is 2.65 bits per heavy atom. The van der Waals surface area contributed by atoms with E-state index in [1.54, 1.807) is 20.9 Å². The Hall–Kier alpha value is -1.56. The molecular formula is C11H18N2O4. The Balaban J connectivity index is 2.95. The molecule has 96 valence electrons. The van der Waals surface area contributed by atoms with Gasteiger partial charge in [0, 0.05) is 7.05 Å². The van der Waals surface area contributed by atoms with E-state index in [-0.39, 0.29) is 6.42 Å². The molecular weight excluding hydrogens is 224 g/mol. The number of aromatic nitrogens is 2. The zero-order valence-electron chi connectivity index (χ0n) is 10.5. The SMILES string of the molecule is COc1c(C(O)CC(C)C(=O)O)c(C)nn1C. The molecule has 17 heavy (non-hydrogen) atoms. The van der Waals surface area contributed by atoms with E-state index in [1.807, 2.05) is 0 Å². The smallest absolute Gasteiger partial charge is 0.306 e. The van der Waals surface area contributed by atoms with Crippen molar-refractivity contribution < 1.29 is 19.7 Å². The molecule has 0 saturated heterocycles. The topological polar surface area (TPSA) is 84.6 Å². The van der Waals surface area contributed by atoms with Gasteiger partial charge in [-0.05, 0) is 13.3 Å². The number of ether oxygens (including phenoxy) is 1. The van der Waals surface area contributed by atoms with E-state index < -0.39 is 18.0 Å². The zero-order valence-corrected chi connectivity index (χ0v) is 10.5. The third kappa shape index (κ3) is 2.76. The fourth-order valence-corrected chi connectivity index (χ4v) is 1.83. The van der Waals surface area contributed by atoms with Crippen LogP contribution < -0.4 is 4.74 Å². The van der Waals surface area contributed by atoms with Crippen LogP contribution in [0.4, 0.5) is 0 Å². The number of hydrogen-bond acceptors (Lipinski definition) is 4. The summed E-state index contributed by atoms with van der Waals surface area (Å²) in [5.74, 6) is -1.08. The van der Waals surface area contributed by atoms with Crippen molar-refractivity contribution in [3.8, 4) is 5.88 Å². The van der Waals surface area contributed by atoms with E-state index in [2.05, 4.69) is 5.10 Å². The Morgan fingerprint density at radius 2 is 2.18 bits per heavy atom. The van der Waals surface area contributed by atoms with Gasteiger partial charge >= 0.3 is 5.97 Å². The van der Waals surface area contributed by atoms with Gasteiger partial charge in [-0.1, -0.05) is 6.92 Å². The maximum atomic E-state index is 10.7. The molecule has 1 aromatic heterocycles. The molecule has 2 N–H and O–H groups in total. The van der Waals surface area contributed by atoms with Crippen LogP contribution in [0.15, 0.2) is 0 Å². The number of carboxylic acids is 1. The van der Waals surface area contributed by atoms with Crippen molar-refractivity contribution >= 4 is 5.97 Å². The lowest BCUT2D eigenvalue weighted by molar-refractivity contribution is -0.142. The van der Waals surface area contributed by atoms with Crippen molar-refractivity contribution in [3.05, 3.63) is 11.3 Å². The van der Waals surface area contributed by atoms with Crippen LogP contribution in [0.25, 0.3) is 0 Å². The fraction of sp³-hybridized carbons (Fsp3) is 0.636. The van der Waals surface area contributed by atoms with Gasteiger partial charge in [0.1, 0.15) is 0 Å². The lowest BCUT2D eigenvalue weighted by Gasteiger charge is -2.14. The van der Waals surface area contributed by atoms with E-state index in [1.165, 1.54) is 11.8 Å². The number of hydrogen-bond donors (Lipinski definition) is 2. The van der Waals surface area contributed by atoms with Gasteiger partial charge in [-0.25, -0.2) is 4.68 Å². The van der Waals surface area contributed by atoms with E-state index in [0.29, 0.717) is 17.1 Å². The average molecular weight is 242 g/mol. The van der Waals surface area contributed by atoms with Gasteiger partial charge in [0.2, 0.25) is 5.88 Å². The van der Waals surface area contributed by atoms with Gasteiger partial charge < -0.3 is 14.9 Å². The minimum absolute atomic E-state index is 0.137. The van der Waals surface area contributed by atoms with E-state index in [4.69, 9.17) is 9.84 Å². The van der Waals surface area contributed by atoms with E-state index in [0.717, 1.165) is 0 Å². The third-order valence-corrected chi connectivity index (χ3v) is 2.74. The summed E-state index contributed by atoms with van der Waals surface area (Å²) in [6, 6.07) is 0. The van der Waals surface area contributed by atoms with Crippen molar-refractivity contribution in [2.45, 2.75) is 26.4 Å². The lowest BCUT2D eigenvalue weighted by atomic mass is 9.98. The molecule has 0 aliphatic heterocycles. The Morgan fingerprint density at radius 1 is 1.59 bits per heavy atom. The molecule has 0 bridgehead atoms. The summed E-state index contributed by atoms with van der Waals surface area (Å²) in [5, 5.41) is 23.0. The zero-order chi connectivity index (χ0) is 13.2. The summed E-state index contributed by atoms with van der Waals surface area (Å²) in [6.45, 7) is 3.32. The van der Waals surface area contributed by atoms with Gasteiger partial charge in [0.25, 0.3) is 0 Å². The molecule has 0 aromatic carbocycles. The van der Waals surface area contributed by atoms with Gasteiger partial charge in [0.05, 0.1) is 30.4 Å². The number of rotatable bonds is 5. The van der Waals surface area contributed by atoms with Crippen LogP contribution in [0.2, 0.25) is 0 Å². The Labute approximate surface area is 99.8 Å². The van der Waals surface area contributed by atoms with Crippen molar-refractivity contribution in [3.63, 3.8) is 0 Å². The molecule has 0 saturated carbocycles. The van der Waals surface area contributed by atoms with Crippen molar-refractivity contribution in [2.75, 3.05) is 7.11 Å². The van der Waals surface area contributed by atoms with Crippen LogP contribution in [0.5, 0.6) is 5.88 Å². The maximum absolute atomic E-state index is 10.7. The molecule has 6 heteroatoms. The molecule has 0 aliphatic carbocycles. The number of nitrogens with zero attached hydrogens (tertiary/aromatic N) is 2. The monoisotopic (exact) mass is 242 g/mol.